The van der Waals surface area contributed by atoms with Crippen molar-refractivity contribution >= 4 is 22.8 Å². The Labute approximate surface area is 169 Å². The number of halogens is 1. The third-order valence-corrected chi connectivity index (χ3v) is 5.16. The fourth-order valence-electron chi connectivity index (χ4n) is 3.42. The largest absolute Gasteiger partial charge is 0.371 e. The summed E-state index contributed by atoms with van der Waals surface area (Å²) < 4.78 is 14.3. The number of hydrogen-bond acceptors (Lipinski definition) is 8. The molecule has 11 heteroatoms. The molecule has 5 heterocycles. The monoisotopic (exact) mass is 413 g/mol. The van der Waals surface area contributed by atoms with Gasteiger partial charge in [-0.3, -0.25) is 14.3 Å². The second kappa shape index (κ2) is 7.05. The normalized spacial score (nSPS) is 19.2. The minimum Gasteiger partial charge on any atom is -0.371 e. The van der Waals surface area contributed by atoms with Gasteiger partial charge in [0.15, 0.2) is 17.0 Å². The molecule has 0 N–H and O–H groups in total. The van der Waals surface area contributed by atoms with Crippen LogP contribution < -0.4 is 5.56 Å². The molecule has 0 amide bonds. The highest BCUT2D eigenvalue weighted by atomic mass is 35.5. The first-order chi connectivity index (χ1) is 14.1. The fourth-order valence-corrected chi connectivity index (χ4v) is 3.53. The number of aromatic nitrogens is 7. The third-order valence-electron chi connectivity index (χ3n) is 4.93. The summed E-state index contributed by atoms with van der Waals surface area (Å²) in [6.07, 6.45) is 5.14. The maximum absolute atomic E-state index is 12.6. The zero-order chi connectivity index (χ0) is 20.0. The lowest BCUT2D eigenvalue weighted by Crippen LogP contribution is -2.22. The predicted molar refractivity (Wildman–Crippen MR) is 101 cm³/mol. The second-order valence-corrected chi connectivity index (χ2v) is 7.34. The second-order valence-electron chi connectivity index (χ2n) is 6.91. The van der Waals surface area contributed by atoms with E-state index in [1.165, 1.54) is 10.9 Å². The van der Waals surface area contributed by atoms with E-state index in [1.807, 2.05) is 6.07 Å². The predicted octanol–water partition coefficient (Wildman–Crippen LogP) is 1.85. The molecule has 1 saturated heterocycles. The highest BCUT2D eigenvalue weighted by molar-refractivity contribution is 6.30. The maximum Gasteiger partial charge on any atom is 0.280 e. The van der Waals surface area contributed by atoms with E-state index in [0.717, 1.165) is 5.69 Å². The van der Waals surface area contributed by atoms with E-state index >= 15 is 0 Å². The van der Waals surface area contributed by atoms with Crippen LogP contribution in [0.4, 0.5) is 0 Å². The molecule has 0 bridgehead atoms. The molecule has 4 aromatic heterocycles. The molecule has 5 rings (SSSR count). The van der Waals surface area contributed by atoms with Crippen molar-refractivity contribution in [3.63, 3.8) is 0 Å². The number of nitrogens with zero attached hydrogens (tertiary/aromatic N) is 7. The molecule has 1 fully saturated rings. The van der Waals surface area contributed by atoms with E-state index in [9.17, 15) is 4.79 Å². The zero-order valence-electron chi connectivity index (χ0n) is 15.4. The van der Waals surface area contributed by atoms with Crippen molar-refractivity contribution < 1.29 is 9.26 Å². The molecule has 0 saturated carbocycles. The van der Waals surface area contributed by atoms with Crippen LogP contribution in [0.5, 0.6) is 0 Å². The highest BCUT2D eigenvalue weighted by Crippen LogP contribution is 2.36. The van der Waals surface area contributed by atoms with Crippen LogP contribution in [0.3, 0.4) is 0 Å². The van der Waals surface area contributed by atoms with E-state index in [-0.39, 0.29) is 24.1 Å². The summed E-state index contributed by atoms with van der Waals surface area (Å²) in [5.41, 5.74) is 1.44. The molecule has 0 aliphatic carbocycles. The van der Waals surface area contributed by atoms with Crippen LogP contribution in [0.25, 0.3) is 11.2 Å². The SMILES string of the molecule is Cn1cnc2ncn(Cc3nc([C@@H]4CO[C@@H](c5ccc(Cl)cn5)C4)no3)c(=O)c21. The molecule has 4 aromatic rings. The highest BCUT2D eigenvalue weighted by Gasteiger charge is 2.32. The first kappa shape index (κ1) is 18.0. The summed E-state index contributed by atoms with van der Waals surface area (Å²) in [4.78, 5) is 29.7. The Bertz CT molecular complexity index is 1230. The Morgan fingerprint density at radius 3 is 2.93 bits per heavy atom. The third kappa shape index (κ3) is 3.30. The Morgan fingerprint density at radius 1 is 1.24 bits per heavy atom. The van der Waals surface area contributed by atoms with Crippen molar-refractivity contribution in [2.45, 2.75) is 25.0 Å². The lowest BCUT2D eigenvalue weighted by Gasteiger charge is -2.07. The Kier molecular flexibility index (Phi) is 4.36. The summed E-state index contributed by atoms with van der Waals surface area (Å²) in [7, 11) is 1.75. The van der Waals surface area contributed by atoms with Crippen LogP contribution in [0.2, 0.25) is 5.02 Å². The van der Waals surface area contributed by atoms with Gasteiger partial charge in [-0.2, -0.15) is 4.98 Å². The van der Waals surface area contributed by atoms with Gasteiger partial charge in [0.1, 0.15) is 19.0 Å². The standard InChI is InChI=1S/C18H16ClN7O3/c1-25-8-21-17-15(25)18(27)26(9-22-17)6-14-23-16(24-29-14)10-4-13(28-7-10)12-3-2-11(19)5-20-12/h2-3,5,8-10,13H,4,6-7H2,1H3/t10-,13+/m0/s1. The average molecular weight is 414 g/mol. The first-order valence-corrected chi connectivity index (χ1v) is 9.38. The van der Waals surface area contributed by atoms with Gasteiger partial charge in [-0.25, -0.2) is 9.97 Å². The van der Waals surface area contributed by atoms with Crippen LogP contribution in [0, 0.1) is 0 Å². The number of hydrogen-bond donors (Lipinski definition) is 0. The molecule has 10 nitrogen and oxygen atoms in total. The molecule has 0 spiro atoms. The molecule has 29 heavy (non-hydrogen) atoms. The fraction of sp³-hybridized carbons (Fsp3) is 0.333. The average Bonchev–Trinajstić information content (AvgIpc) is 3.45. The van der Waals surface area contributed by atoms with Crippen molar-refractivity contribution in [3.8, 4) is 0 Å². The smallest absolute Gasteiger partial charge is 0.280 e. The van der Waals surface area contributed by atoms with E-state index in [1.54, 1.807) is 30.2 Å². The van der Waals surface area contributed by atoms with Gasteiger partial charge in [0.05, 0.1) is 23.7 Å². The van der Waals surface area contributed by atoms with Gasteiger partial charge >= 0.3 is 0 Å². The molecule has 0 unspecified atom stereocenters. The van der Waals surface area contributed by atoms with Crippen LogP contribution in [0.1, 0.15) is 35.9 Å². The van der Waals surface area contributed by atoms with Gasteiger partial charge in [-0.05, 0) is 18.6 Å². The van der Waals surface area contributed by atoms with Gasteiger partial charge in [0.25, 0.3) is 5.56 Å². The van der Waals surface area contributed by atoms with E-state index in [0.29, 0.717) is 40.9 Å². The van der Waals surface area contributed by atoms with Crippen molar-refractivity contribution in [1.82, 2.24) is 34.2 Å². The molecule has 148 valence electrons. The van der Waals surface area contributed by atoms with Gasteiger partial charge in [-0.1, -0.05) is 16.8 Å². The molecule has 2 atom stereocenters. The lowest BCUT2D eigenvalue weighted by atomic mass is 10.0. The van der Waals surface area contributed by atoms with Crippen molar-refractivity contribution in [3.05, 3.63) is 63.8 Å². The van der Waals surface area contributed by atoms with Crippen LogP contribution >= 0.6 is 11.6 Å². The molecule has 0 radical (unpaired) electrons. The summed E-state index contributed by atoms with van der Waals surface area (Å²) in [6, 6.07) is 3.64. The number of imidazole rings is 1. The van der Waals surface area contributed by atoms with Gasteiger partial charge in [-0.15, -0.1) is 0 Å². The first-order valence-electron chi connectivity index (χ1n) is 9.00. The lowest BCUT2D eigenvalue weighted by molar-refractivity contribution is 0.107. The van der Waals surface area contributed by atoms with Gasteiger partial charge in [0, 0.05) is 19.2 Å². The van der Waals surface area contributed by atoms with Gasteiger partial charge in [0.2, 0.25) is 5.89 Å². The summed E-state index contributed by atoms with van der Waals surface area (Å²) in [5, 5.41) is 4.66. The van der Waals surface area contributed by atoms with Crippen molar-refractivity contribution in [1.29, 1.82) is 0 Å². The van der Waals surface area contributed by atoms with Crippen LogP contribution in [0.15, 0.2) is 40.3 Å². The molecule has 1 aliphatic rings. The molecule has 1 aliphatic heterocycles. The number of ether oxygens (including phenoxy) is 1. The Hall–Kier alpha value is -3.11. The molecular weight excluding hydrogens is 398 g/mol. The van der Waals surface area contributed by atoms with E-state index < -0.39 is 0 Å². The quantitative estimate of drug-likeness (QED) is 0.498. The Morgan fingerprint density at radius 2 is 2.10 bits per heavy atom. The van der Waals surface area contributed by atoms with Crippen molar-refractivity contribution in [2.75, 3.05) is 6.61 Å². The van der Waals surface area contributed by atoms with E-state index in [2.05, 4.69) is 25.1 Å². The van der Waals surface area contributed by atoms with Crippen molar-refractivity contribution in [2.24, 2.45) is 7.05 Å². The minimum atomic E-state index is -0.215. The zero-order valence-corrected chi connectivity index (χ0v) is 16.2. The summed E-state index contributed by atoms with van der Waals surface area (Å²) >= 11 is 5.89. The molecular formula is C18H16ClN7O3. The summed E-state index contributed by atoms with van der Waals surface area (Å²) in [5.74, 6) is 0.877. The van der Waals surface area contributed by atoms with Gasteiger partial charge < -0.3 is 13.8 Å². The minimum absolute atomic E-state index is 0.00983. The van der Waals surface area contributed by atoms with Crippen LogP contribution in [-0.4, -0.2) is 40.8 Å². The van der Waals surface area contributed by atoms with E-state index in [4.69, 9.17) is 20.9 Å². The number of fused-ring (bicyclic) bond motifs is 1. The van der Waals surface area contributed by atoms with Crippen LogP contribution in [-0.2, 0) is 18.3 Å². The maximum atomic E-state index is 12.6. The summed E-state index contributed by atoms with van der Waals surface area (Å²) in [6.45, 7) is 0.603. The molecule has 0 aromatic carbocycles. The Balaban J connectivity index is 1.32. The topological polar surface area (TPSA) is 114 Å². The number of rotatable bonds is 4. The number of pyridine rings is 1. The number of aryl methyl sites for hydroxylation is 1.